The Bertz CT molecular complexity index is 576. The van der Waals surface area contributed by atoms with Gasteiger partial charge in [0.1, 0.15) is 0 Å². The molecule has 2 unspecified atom stereocenters. The lowest BCUT2D eigenvalue weighted by Gasteiger charge is -2.11. The fraction of sp³-hybridized carbons (Fsp3) is 0.571. The predicted octanol–water partition coefficient (Wildman–Crippen LogP) is 1.84. The van der Waals surface area contributed by atoms with Gasteiger partial charge in [-0.3, -0.25) is 14.4 Å². The normalized spacial score (nSPS) is 24.7. The third kappa shape index (κ3) is 2.57. The Labute approximate surface area is 125 Å². The Kier molecular flexibility index (Phi) is 3.75. The minimum atomic E-state index is -0.830. The maximum absolute atomic E-state index is 12.3. The average Bonchev–Trinajstić information content (AvgIpc) is 3.10. The van der Waals surface area contributed by atoms with Crippen molar-refractivity contribution in [3.8, 4) is 0 Å². The SMILES string of the molecule is O=C(O)CCCc1csc(N2C(=O)C3CCCC3C2=O)n1. The van der Waals surface area contributed by atoms with E-state index < -0.39 is 5.97 Å². The number of aryl methyl sites for hydroxylation is 1. The van der Waals surface area contributed by atoms with E-state index >= 15 is 0 Å². The Morgan fingerprint density at radius 2 is 2.00 bits per heavy atom. The van der Waals surface area contributed by atoms with Crippen molar-refractivity contribution >= 4 is 34.3 Å². The number of amides is 2. The van der Waals surface area contributed by atoms with Crippen LogP contribution in [0.1, 0.15) is 37.8 Å². The van der Waals surface area contributed by atoms with E-state index in [1.165, 1.54) is 16.2 Å². The molecule has 2 heterocycles. The van der Waals surface area contributed by atoms with Crippen LogP contribution in [-0.2, 0) is 20.8 Å². The average molecular weight is 308 g/mol. The van der Waals surface area contributed by atoms with Crippen LogP contribution in [0.3, 0.4) is 0 Å². The van der Waals surface area contributed by atoms with Crippen molar-refractivity contribution in [1.29, 1.82) is 0 Å². The van der Waals surface area contributed by atoms with Gasteiger partial charge in [-0.15, -0.1) is 11.3 Å². The van der Waals surface area contributed by atoms with Crippen LogP contribution in [0.15, 0.2) is 5.38 Å². The first-order valence-corrected chi connectivity index (χ1v) is 8.00. The highest BCUT2D eigenvalue weighted by molar-refractivity contribution is 7.14. The number of nitrogens with zero attached hydrogens (tertiary/aromatic N) is 2. The number of carboxylic acids is 1. The molecule has 6 nitrogen and oxygen atoms in total. The van der Waals surface area contributed by atoms with Gasteiger partial charge in [-0.2, -0.15) is 0 Å². The second kappa shape index (κ2) is 5.55. The van der Waals surface area contributed by atoms with Crippen LogP contribution in [0.5, 0.6) is 0 Å². The van der Waals surface area contributed by atoms with E-state index in [-0.39, 0.29) is 30.1 Å². The van der Waals surface area contributed by atoms with Gasteiger partial charge in [0.25, 0.3) is 0 Å². The lowest BCUT2D eigenvalue weighted by atomic mass is 10.00. The first-order chi connectivity index (χ1) is 10.1. The highest BCUT2D eigenvalue weighted by atomic mass is 32.1. The van der Waals surface area contributed by atoms with Crippen molar-refractivity contribution in [2.75, 3.05) is 4.90 Å². The topological polar surface area (TPSA) is 87.6 Å². The molecule has 1 saturated carbocycles. The molecule has 0 radical (unpaired) electrons. The molecule has 1 saturated heterocycles. The molecule has 1 aromatic heterocycles. The molecular formula is C14H16N2O4S. The van der Waals surface area contributed by atoms with E-state index in [2.05, 4.69) is 4.98 Å². The summed E-state index contributed by atoms with van der Waals surface area (Å²) in [6.45, 7) is 0. The zero-order chi connectivity index (χ0) is 15.0. The van der Waals surface area contributed by atoms with Crippen LogP contribution in [-0.4, -0.2) is 27.9 Å². The quantitative estimate of drug-likeness (QED) is 0.839. The van der Waals surface area contributed by atoms with Crippen LogP contribution in [0, 0.1) is 11.8 Å². The minimum Gasteiger partial charge on any atom is -0.481 e. The van der Waals surface area contributed by atoms with Gasteiger partial charge in [-0.05, 0) is 25.7 Å². The number of imide groups is 1. The largest absolute Gasteiger partial charge is 0.481 e. The Balaban J connectivity index is 1.70. The van der Waals surface area contributed by atoms with Crippen LogP contribution < -0.4 is 4.90 Å². The first kappa shape index (κ1) is 14.2. The first-order valence-electron chi connectivity index (χ1n) is 7.12. The van der Waals surface area contributed by atoms with Crippen LogP contribution in [0.2, 0.25) is 0 Å². The number of anilines is 1. The molecular weight excluding hydrogens is 292 g/mol. The van der Waals surface area contributed by atoms with E-state index in [0.29, 0.717) is 18.0 Å². The molecule has 2 atom stereocenters. The molecule has 112 valence electrons. The summed E-state index contributed by atoms with van der Waals surface area (Å²) in [7, 11) is 0. The second-order valence-corrected chi connectivity index (χ2v) is 6.36. The highest BCUT2D eigenvalue weighted by Gasteiger charge is 2.51. The molecule has 1 aromatic rings. The molecule has 1 N–H and O–H groups in total. The van der Waals surface area contributed by atoms with Gasteiger partial charge in [0, 0.05) is 11.8 Å². The zero-order valence-corrected chi connectivity index (χ0v) is 12.3. The molecule has 0 aromatic carbocycles. The molecule has 21 heavy (non-hydrogen) atoms. The summed E-state index contributed by atoms with van der Waals surface area (Å²) in [5, 5.41) is 10.8. The van der Waals surface area contributed by atoms with E-state index in [9.17, 15) is 14.4 Å². The van der Waals surface area contributed by atoms with Gasteiger partial charge < -0.3 is 5.11 Å². The van der Waals surface area contributed by atoms with Crippen molar-refractivity contribution in [1.82, 2.24) is 4.98 Å². The van der Waals surface area contributed by atoms with Gasteiger partial charge in [-0.25, -0.2) is 9.88 Å². The molecule has 1 aliphatic carbocycles. The van der Waals surface area contributed by atoms with Gasteiger partial charge in [0.05, 0.1) is 17.5 Å². The van der Waals surface area contributed by atoms with Crippen LogP contribution in [0.4, 0.5) is 5.13 Å². The number of aromatic nitrogens is 1. The van der Waals surface area contributed by atoms with E-state index in [1.807, 2.05) is 0 Å². The molecule has 2 amide bonds. The molecule has 0 spiro atoms. The van der Waals surface area contributed by atoms with Crippen molar-refractivity contribution < 1.29 is 19.5 Å². The van der Waals surface area contributed by atoms with Gasteiger partial charge in [0.2, 0.25) is 11.8 Å². The van der Waals surface area contributed by atoms with Crippen molar-refractivity contribution in [3.05, 3.63) is 11.1 Å². The van der Waals surface area contributed by atoms with Crippen molar-refractivity contribution in [2.45, 2.75) is 38.5 Å². The lowest BCUT2D eigenvalue weighted by molar-refractivity contribution is -0.137. The Morgan fingerprint density at radius 3 is 2.62 bits per heavy atom. The molecule has 0 bridgehead atoms. The molecule has 7 heteroatoms. The number of hydrogen-bond donors (Lipinski definition) is 1. The van der Waals surface area contributed by atoms with Gasteiger partial charge >= 0.3 is 5.97 Å². The molecule has 3 rings (SSSR count). The smallest absolute Gasteiger partial charge is 0.303 e. The molecule has 2 fully saturated rings. The Hall–Kier alpha value is -1.76. The van der Waals surface area contributed by atoms with Crippen LogP contribution in [0.25, 0.3) is 0 Å². The number of hydrogen-bond acceptors (Lipinski definition) is 5. The third-order valence-corrected chi connectivity index (χ3v) is 5.02. The number of rotatable bonds is 5. The molecule has 1 aliphatic heterocycles. The van der Waals surface area contributed by atoms with E-state index in [4.69, 9.17) is 5.11 Å². The number of carbonyl (C=O) groups is 3. The predicted molar refractivity (Wildman–Crippen MR) is 76.0 cm³/mol. The monoisotopic (exact) mass is 308 g/mol. The van der Waals surface area contributed by atoms with Gasteiger partial charge in [-0.1, -0.05) is 6.42 Å². The van der Waals surface area contributed by atoms with Gasteiger partial charge in [0.15, 0.2) is 5.13 Å². The summed E-state index contributed by atoms with van der Waals surface area (Å²) < 4.78 is 0. The maximum Gasteiger partial charge on any atom is 0.303 e. The fourth-order valence-electron chi connectivity index (χ4n) is 3.11. The number of fused-ring (bicyclic) bond motifs is 1. The highest BCUT2D eigenvalue weighted by Crippen LogP contribution is 2.42. The number of carbonyl (C=O) groups excluding carboxylic acids is 2. The maximum atomic E-state index is 12.3. The zero-order valence-electron chi connectivity index (χ0n) is 11.4. The minimum absolute atomic E-state index is 0.0958. The lowest BCUT2D eigenvalue weighted by Crippen LogP contribution is -2.31. The summed E-state index contributed by atoms with van der Waals surface area (Å²) >= 11 is 1.28. The standard InChI is InChI=1S/C14H16N2O4S/c17-11(18)6-1-3-8-7-21-14(15-8)16-12(19)9-4-2-5-10(9)13(16)20/h7,9-10H,1-6H2,(H,17,18). The molecule has 2 aliphatic rings. The fourth-order valence-corrected chi connectivity index (χ4v) is 3.98. The summed E-state index contributed by atoms with van der Waals surface area (Å²) in [6.07, 6.45) is 3.68. The summed E-state index contributed by atoms with van der Waals surface area (Å²) in [4.78, 5) is 40.7. The van der Waals surface area contributed by atoms with Crippen molar-refractivity contribution in [3.63, 3.8) is 0 Å². The summed E-state index contributed by atoms with van der Waals surface area (Å²) in [6, 6.07) is 0. The Morgan fingerprint density at radius 1 is 1.33 bits per heavy atom. The number of aliphatic carboxylic acids is 1. The number of thiazole rings is 1. The van der Waals surface area contributed by atoms with E-state index in [1.54, 1.807) is 5.38 Å². The summed E-state index contributed by atoms with van der Waals surface area (Å²) in [5.41, 5.74) is 0.744. The van der Waals surface area contributed by atoms with Crippen molar-refractivity contribution in [2.24, 2.45) is 11.8 Å². The van der Waals surface area contributed by atoms with E-state index in [0.717, 1.165) is 25.0 Å². The third-order valence-electron chi connectivity index (χ3n) is 4.15. The van der Waals surface area contributed by atoms with Crippen LogP contribution >= 0.6 is 11.3 Å². The second-order valence-electron chi connectivity index (χ2n) is 5.52. The summed E-state index contributed by atoms with van der Waals surface area (Å²) in [5.74, 6) is -1.38. The number of carboxylic acid groups (broad SMARTS) is 1.